The maximum atomic E-state index is 12.4. The highest BCUT2D eigenvalue weighted by Crippen LogP contribution is 2.24. The fourth-order valence-corrected chi connectivity index (χ4v) is 2.94. The molecule has 1 aromatic heterocycles. The van der Waals surface area contributed by atoms with Gasteiger partial charge in [0.1, 0.15) is 0 Å². The van der Waals surface area contributed by atoms with Crippen molar-refractivity contribution in [2.45, 2.75) is 40.0 Å². The number of nitrogens with zero attached hydrogens (tertiary/aromatic N) is 2. The summed E-state index contributed by atoms with van der Waals surface area (Å²) in [6.45, 7) is 10.5. The number of aryl methyl sites for hydroxylation is 2. The zero-order chi connectivity index (χ0) is 20.3. The maximum Gasteiger partial charge on any atom is 0.258 e. The number of carbonyl (C=O) groups is 1. The molecule has 0 saturated carbocycles. The maximum absolute atomic E-state index is 12.4. The summed E-state index contributed by atoms with van der Waals surface area (Å²) in [6.07, 6.45) is 3.05. The first-order valence-corrected chi connectivity index (χ1v) is 9.30. The van der Waals surface area contributed by atoms with E-state index >= 15 is 0 Å². The molecule has 2 N–H and O–H groups in total. The van der Waals surface area contributed by atoms with Crippen molar-refractivity contribution in [1.29, 1.82) is 0 Å². The summed E-state index contributed by atoms with van der Waals surface area (Å²) >= 11 is 0. The lowest BCUT2D eigenvalue weighted by Gasteiger charge is -2.19. The second-order valence-electron chi connectivity index (χ2n) is 8.08. The van der Waals surface area contributed by atoms with E-state index in [1.165, 1.54) is 18.0 Å². The van der Waals surface area contributed by atoms with Gasteiger partial charge in [0.05, 0.1) is 5.56 Å². The first kappa shape index (κ1) is 19.5. The van der Waals surface area contributed by atoms with Crippen molar-refractivity contribution >= 4 is 23.2 Å². The van der Waals surface area contributed by atoms with Crippen LogP contribution in [0.3, 0.4) is 0 Å². The highest BCUT2D eigenvalue weighted by molar-refractivity contribution is 6.04. The minimum Gasteiger partial charge on any atom is -0.324 e. The van der Waals surface area contributed by atoms with Crippen LogP contribution in [0.5, 0.6) is 0 Å². The molecule has 28 heavy (non-hydrogen) atoms. The number of amides is 1. The number of anilines is 3. The van der Waals surface area contributed by atoms with Crippen molar-refractivity contribution in [3.63, 3.8) is 0 Å². The van der Waals surface area contributed by atoms with Crippen LogP contribution in [-0.2, 0) is 5.41 Å². The standard InChI is InChI=1S/C23H26N4O/c1-15-10-16(2)12-20(11-15)26-21(28)17-13-24-22(25-14-17)27-19-8-6-18(7-9-19)23(3,4)5/h6-14H,1-5H3,(H,26,28)(H,24,25,27). The van der Waals surface area contributed by atoms with E-state index in [4.69, 9.17) is 0 Å². The first-order chi connectivity index (χ1) is 13.2. The van der Waals surface area contributed by atoms with Crippen molar-refractivity contribution in [2.24, 2.45) is 0 Å². The second kappa shape index (κ2) is 7.80. The van der Waals surface area contributed by atoms with Gasteiger partial charge < -0.3 is 10.6 Å². The molecule has 0 aliphatic rings. The molecule has 0 aliphatic heterocycles. The largest absolute Gasteiger partial charge is 0.324 e. The average molecular weight is 374 g/mol. The van der Waals surface area contributed by atoms with Crippen molar-refractivity contribution in [3.8, 4) is 0 Å². The van der Waals surface area contributed by atoms with Gasteiger partial charge in [-0.15, -0.1) is 0 Å². The molecule has 5 nitrogen and oxygen atoms in total. The Balaban J connectivity index is 1.66. The first-order valence-electron chi connectivity index (χ1n) is 9.30. The Morgan fingerprint density at radius 3 is 1.96 bits per heavy atom. The van der Waals surface area contributed by atoms with E-state index in [0.717, 1.165) is 22.5 Å². The van der Waals surface area contributed by atoms with Gasteiger partial charge in [-0.25, -0.2) is 9.97 Å². The molecule has 0 atom stereocenters. The quantitative estimate of drug-likeness (QED) is 0.643. The molecule has 3 aromatic rings. The minimum absolute atomic E-state index is 0.111. The lowest BCUT2D eigenvalue weighted by molar-refractivity contribution is 0.102. The summed E-state index contributed by atoms with van der Waals surface area (Å²) in [4.78, 5) is 20.9. The number of aromatic nitrogens is 2. The third-order valence-corrected chi connectivity index (χ3v) is 4.40. The number of nitrogens with one attached hydrogen (secondary N) is 2. The number of hydrogen-bond acceptors (Lipinski definition) is 4. The monoisotopic (exact) mass is 374 g/mol. The van der Waals surface area contributed by atoms with Crippen LogP contribution < -0.4 is 10.6 Å². The van der Waals surface area contributed by atoms with Gasteiger partial charge >= 0.3 is 0 Å². The molecule has 0 saturated heterocycles. The molecule has 2 aromatic carbocycles. The Bertz CT molecular complexity index is 951. The Hall–Kier alpha value is -3.21. The van der Waals surface area contributed by atoms with Crippen molar-refractivity contribution in [1.82, 2.24) is 9.97 Å². The third-order valence-electron chi connectivity index (χ3n) is 4.40. The number of rotatable bonds is 4. The summed E-state index contributed by atoms with van der Waals surface area (Å²) in [5.74, 6) is 0.220. The van der Waals surface area contributed by atoms with Crippen molar-refractivity contribution in [3.05, 3.63) is 77.1 Å². The summed E-state index contributed by atoms with van der Waals surface area (Å²) in [7, 11) is 0. The lowest BCUT2D eigenvalue weighted by Crippen LogP contribution is -2.13. The Morgan fingerprint density at radius 2 is 1.43 bits per heavy atom. The predicted molar refractivity (Wildman–Crippen MR) is 114 cm³/mol. The van der Waals surface area contributed by atoms with E-state index in [0.29, 0.717) is 11.5 Å². The lowest BCUT2D eigenvalue weighted by atomic mass is 9.87. The minimum atomic E-state index is -0.230. The van der Waals surface area contributed by atoms with Crippen molar-refractivity contribution < 1.29 is 4.79 Å². The molecule has 1 amide bonds. The molecule has 144 valence electrons. The smallest absolute Gasteiger partial charge is 0.258 e. The predicted octanol–water partition coefficient (Wildman–Crippen LogP) is 5.39. The number of carbonyl (C=O) groups excluding carboxylic acids is 1. The molecule has 0 fully saturated rings. The van der Waals surface area contributed by atoms with Crippen LogP contribution in [0.4, 0.5) is 17.3 Å². The van der Waals surface area contributed by atoms with Gasteiger partial charge in [0.25, 0.3) is 5.91 Å². The van der Waals surface area contributed by atoms with Crippen LogP contribution in [0.1, 0.15) is 47.8 Å². The van der Waals surface area contributed by atoms with Gasteiger partial charge in [-0.2, -0.15) is 0 Å². The molecule has 1 heterocycles. The number of hydrogen-bond donors (Lipinski definition) is 2. The third kappa shape index (κ3) is 4.94. The van der Waals surface area contributed by atoms with Crippen LogP contribution in [0.25, 0.3) is 0 Å². The Labute approximate surface area is 166 Å². The normalized spacial score (nSPS) is 11.2. The number of benzene rings is 2. The SMILES string of the molecule is Cc1cc(C)cc(NC(=O)c2cnc(Nc3ccc(C(C)(C)C)cc3)nc2)c1. The fraction of sp³-hybridized carbons (Fsp3) is 0.261. The van der Waals surface area contributed by atoms with Crippen LogP contribution in [0, 0.1) is 13.8 Å². The van der Waals surface area contributed by atoms with Gasteiger partial charge in [0.15, 0.2) is 0 Å². The fourth-order valence-electron chi connectivity index (χ4n) is 2.94. The molecule has 0 spiro atoms. The molecular weight excluding hydrogens is 348 g/mol. The topological polar surface area (TPSA) is 66.9 Å². The molecule has 0 unspecified atom stereocenters. The zero-order valence-electron chi connectivity index (χ0n) is 17.0. The van der Waals surface area contributed by atoms with E-state index in [-0.39, 0.29) is 11.3 Å². The van der Waals surface area contributed by atoms with Gasteiger partial charge in [0.2, 0.25) is 5.95 Å². The van der Waals surface area contributed by atoms with E-state index < -0.39 is 0 Å². The van der Waals surface area contributed by atoms with E-state index in [9.17, 15) is 4.79 Å². The van der Waals surface area contributed by atoms with Gasteiger partial charge in [-0.1, -0.05) is 39.0 Å². The Morgan fingerprint density at radius 1 is 0.857 bits per heavy atom. The summed E-state index contributed by atoms with van der Waals surface area (Å²) in [5, 5.41) is 6.05. The summed E-state index contributed by atoms with van der Waals surface area (Å²) in [6, 6.07) is 14.1. The highest BCUT2D eigenvalue weighted by atomic mass is 16.1. The molecule has 5 heteroatoms. The van der Waals surface area contributed by atoms with E-state index in [1.54, 1.807) is 0 Å². The molecule has 0 radical (unpaired) electrons. The van der Waals surface area contributed by atoms with E-state index in [1.807, 2.05) is 38.1 Å². The van der Waals surface area contributed by atoms with E-state index in [2.05, 4.69) is 59.6 Å². The Kier molecular flexibility index (Phi) is 5.45. The van der Waals surface area contributed by atoms with Gasteiger partial charge in [-0.3, -0.25) is 4.79 Å². The average Bonchev–Trinajstić information content (AvgIpc) is 2.61. The zero-order valence-corrected chi connectivity index (χ0v) is 17.0. The van der Waals surface area contributed by atoms with Crippen LogP contribution in [0.15, 0.2) is 54.9 Å². The molecule has 0 bridgehead atoms. The van der Waals surface area contributed by atoms with Gasteiger partial charge in [-0.05, 0) is 60.2 Å². The summed E-state index contributed by atoms with van der Waals surface area (Å²) < 4.78 is 0. The van der Waals surface area contributed by atoms with Crippen LogP contribution in [-0.4, -0.2) is 15.9 Å². The van der Waals surface area contributed by atoms with Crippen LogP contribution >= 0.6 is 0 Å². The molecule has 0 aliphatic carbocycles. The van der Waals surface area contributed by atoms with Gasteiger partial charge in [0, 0.05) is 23.8 Å². The highest BCUT2D eigenvalue weighted by Gasteiger charge is 2.13. The molecule has 3 rings (SSSR count). The summed E-state index contributed by atoms with van der Waals surface area (Å²) in [5.41, 5.74) is 5.65. The van der Waals surface area contributed by atoms with Crippen LogP contribution in [0.2, 0.25) is 0 Å². The molecular formula is C23H26N4O. The van der Waals surface area contributed by atoms with Crippen molar-refractivity contribution in [2.75, 3.05) is 10.6 Å². The second-order valence-corrected chi connectivity index (χ2v) is 8.08.